The number of hydrogen-bond acceptors (Lipinski definition) is 6. The molecule has 1 unspecified atom stereocenters. The van der Waals surface area contributed by atoms with Gasteiger partial charge < -0.3 is 14.8 Å². The number of para-hydroxylation sites is 1. The Balaban J connectivity index is 1.84. The number of carbonyl (C=O) groups is 1. The summed E-state index contributed by atoms with van der Waals surface area (Å²) < 4.78 is 10.3. The molecule has 0 amide bonds. The van der Waals surface area contributed by atoms with Gasteiger partial charge in [0.05, 0.1) is 19.8 Å². The molecule has 0 fully saturated rings. The number of methoxy groups -OCH3 is 1. The van der Waals surface area contributed by atoms with E-state index < -0.39 is 5.97 Å². The highest BCUT2D eigenvalue weighted by Crippen LogP contribution is 2.36. The van der Waals surface area contributed by atoms with Crippen molar-refractivity contribution in [1.29, 1.82) is 0 Å². The fourth-order valence-electron chi connectivity index (χ4n) is 2.22. The summed E-state index contributed by atoms with van der Waals surface area (Å²) in [6, 6.07) is 7.96. The number of aromatic nitrogens is 1. The summed E-state index contributed by atoms with van der Waals surface area (Å²) in [5, 5.41) is 4.07. The summed E-state index contributed by atoms with van der Waals surface area (Å²) in [5.74, 6) is 0.398. The van der Waals surface area contributed by atoms with Gasteiger partial charge in [0, 0.05) is 12.0 Å². The molecule has 3 rings (SSSR count). The van der Waals surface area contributed by atoms with Gasteiger partial charge in [-0.25, -0.2) is 9.78 Å². The van der Waals surface area contributed by atoms with Crippen molar-refractivity contribution in [3.05, 3.63) is 39.9 Å². The van der Waals surface area contributed by atoms with Gasteiger partial charge in [-0.15, -0.1) is 0 Å². The molecule has 1 aromatic carbocycles. The first-order valence-electron chi connectivity index (χ1n) is 6.42. The molecule has 1 aromatic heterocycles. The topological polar surface area (TPSA) is 60.5 Å². The summed E-state index contributed by atoms with van der Waals surface area (Å²) >= 11 is 7.16. The Hall–Kier alpha value is -1.79. The average Bonchev–Trinajstić information content (AvgIpc) is 2.87. The molecule has 0 aliphatic carbocycles. The van der Waals surface area contributed by atoms with Crippen molar-refractivity contribution in [2.45, 2.75) is 12.5 Å². The number of fused-ring (bicyclic) bond motifs is 1. The van der Waals surface area contributed by atoms with Crippen LogP contribution in [-0.4, -0.2) is 24.7 Å². The van der Waals surface area contributed by atoms with Crippen LogP contribution < -0.4 is 10.1 Å². The number of thiazole rings is 1. The molecule has 0 radical (unpaired) electrons. The zero-order valence-electron chi connectivity index (χ0n) is 11.3. The van der Waals surface area contributed by atoms with Gasteiger partial charge in [0.25, 0.3) is 0 Å². The van der Waals surface area contributed by atoms with Crippen molar-refractivity contribution in [3.8, 4) is 5.75 Å². The van der Waals surface area contributed by atoms with Crippen molar-refractivity contribution in [1.82, 2.24) is 4.98 Å². The third-order valence-corrected chi connectivity index (χ3v) is 4.57. The maximum atomic E-state index is 11.6. The average molecular weight is 325 g/mol. The van der Waals surface area contributed by atoms with Crippen molar-refractivity contribution in [2.75, 3.05) is 19.0 Å². The lowest BCUT2D eigenvalue weighted by Crippen LogP contribution is -2.20. The van der Waals surface area contributed by atoms with Crippen LogP contribution in [0.3, 0.4) is 0 Å². The normalized spacial score (nSPS) is 16.8. The molecular weight excluding hydrogens is 312 g/mol. The van der Waals surface area contributed by atoms with Gasteiger partial charge in [0.2, 0.25) is 0 Å². The van der Waals surface area contributed by atoms with E-state index >= 15 is 0 Å². The van der Waals surface area contributed by atoms with Gasteiger partial charge in [-0.3, -0.25) is 0 Å². The first-order chi connectivity index (χ1) is 10.2. The van der Waals surface area contributed by atoms with E-state index in [-0.39, 0.29) is 11.2 Å². The van der Waals surface area contributed by atoms with E-state index in [1.165, 1.54) is 18.4 Å². The fourth-order valence-corrected chi connectivity index (χ4v) is 3.38. The quantitative estimate of drug-likeness (QED) is 0.875. The van der Waals surface area contributed by atoms with Gasteiger partial charge in [-0.2, -0.15) is 0 Å². The van der Waals surface area contributed by atoms with Crippen molar-refractivity contribution in [3.63, 3.8) is 0 Å². The number of rotatable bonds is 3. The molecule has 110 valence electrons. The molecule has 0 bridgehead atoms. The standard InChI is InChI=1S/C14H13ClN2O3S/c1-19-13(18)11-12(15)17-14(21-11)16-9-6-7-20-10-5-3-2-4-8(9)10/h2-5,9H,6-7H2,1H3,(H,16,17). The fraction of sp³-hybridized carbons (Fsp3) is 0.286. The molecule has 0 spiro atoms. The number of benzene rings is 1. The van der Waals surface area contributed by atoms with Crippen LogP contribution in [-0.2, 0) is 4.74 Å². The summed E-state index contributed by atoms with van der Waals surface area (Å²) in [4.78, 5) is 16.0. The van der Waals surface area contributed by atoms with E-state index in [1.807, 2.05) is 24.3 Å². The van der Waals surface area contributed by atoms with Crippen LogP contribution in [0.1, 0.15) is 27.7 Å². The lowest BCUT2D eigenvalue weighted by Gasteiger charge is -2.26. The van der Waals surface area contributed by atoms with Crippen LogP contribution in [0.5, 0.6) is 5.75 Å². The second-order valence-corrected chi connectivity index (χ2v) is 5.86. The van der Waals surface area contributed by atoms with Gasteiger partial charge in [0.15, 0.2) is 15.2 Å². The van der Waals surface area contributed by atoms with Crippen LogP contribution in [0.15, 0.2) is 24.3 Å². The Bertz CT molecular complexity index is 674. The van der Waals surface area contributed by atoms with Crippen LogP contribution in [0.25, 0.3) is 0 Å². The number of ether oxygens (including phenoxy) is 2. The lowest BCUT2D eigenvalue weighted by atomic mass is 10.0. The van der Waals surface area contributed by atoms with Crippen molar-refractivity contribution < 1.29 is 14.3 Å². The SMILES string of the molecule is COC(=O)c1sc(NC2CCOc3ccccc32)nc1Cl. The molecule has 21 heavy (non-hydrogen) atoms. The molecule has 2 aromatic rings. The lowest BCUT2D eigenvalue weighted by molar-refractivity contribution is 0.0606. The minimum Gasteiger partial charge on any atom is -0.493 e. The highest BCUT2D eigenvalue weighted by molar-refractivity contribution is 7.18. The van der Waals surface area contributed by atoms with Gasteiger partial charge in [0.1, 0.15) is 5.75 Å². The molecule has 0 saturated carbocycles. The maximum absolute atomic E-state index is 11.6. The highest BCUT2D eigenvalue weighted by Gasteiger charge is 2.24. The third-order valence-electron chi connectivity index (χ3n) is 3.21. The summed E-state index contributed by atoms with van der Waals surface area (Å²) in [6.07, 6.45) is 0.821. The number of hydrogen-bond donors (Lipinski definition) is 1. The number of carbonyl (C=O) groups excluding carboxylic acids is 1. The zero-order valence-corrected chi connectivity index (χ0v) is 12.8. The summed E-state index contributed by atoms with van der Waals surface area (Å²) in [7, 11) is 1.32. The predicted octanol–water partition coefficient (Wildman–Crippen LogP) is 3.52. The second-order valence-electron chi connectivity index (χ2n) is 4.50. The van der Waals surface area contributed by atoms with Gasteiger partial charge in [-0.1, -0.05) is 41.1 Å². The summed E-state index contributed by atoms with van der Waals surface area (Å²) in [6.45, 7) is 0.637. The molecule has 5 nitrogen and oxygen atoms in total. The predicted molar refractivity (Wildman–Crippen MR) is 81.4 cm³/mol. The molecular formula is C14H13ClN2O3S. The number of nitrogens with zero attached hydrogens (tertiary/aromatic N) is 1. The Morgan fingerprint density at radius 1 is 1.52 bits per heavy atom. The maximum Gasteiger partial charge on any atom is 0.351 e. The Labute approximate surface area is 130 Å². The van der Waals surface area contributed by atoms with Gasteiger partial charge >= 0.3 is 5.97 Å². The van der Waals surface area contributed by atoms with E-state index in [1.54, 1.807) is 0 Å². The van der Waals surface area contributed by atoms with E-state index in [4.69, 9.17) is 16.3 Å². The largest absolute Gasteiger partial charge is 0.493 e. The first kappa shape index (κ1) is 14.2. The van der Waals surface area contributed by atoms with E-state index in [9.17, 15) is 4.79 Å². The number of anilines is 1. The molecule has 1 atom stereocenters. The van der Waals surface area contributed by atoms with E-state index in [2.05, 4.69) is 15.0 Å². The monoisotopic (exact) mass is 324 g/mol. The number of esters is 1. The van der Waals surface area contributed by atoms with Crippen molar-refractivity contribution >= 4 is 34.0 Å². The first-order valence-corrected chi connectivity index (χ1v) is 7.61. The van der Waals surface area contributed by atoms with E-state index in [0.29, 0.717) is 16.6 Å². The zero-order chi connectivity index (χ0) is 14.8. The smallest absolute Gasteiger partial charge is 0.351 e. The van der Waals surface area contributed by atoms with Crippen LogP contribution in [0, 0.1) is 0 Å². The minimum atomic E-state index is -0.474. The summed E-state index contributed by atoms with van der Waals surface area (Å²) in [5.41, 5.74) is 1.08. The minimum absolute atomic E-state index is 0.0858. The molecule has 7 heteroatoms. The highest BCUT2D eigenvalue weighted by atomic mass is 35.5. The molecule has 1 aliphatic rings. The molecule has 2 heterocycles. The Kier molecular flexibility index (Phi) is 3.98. The second kappa shape index (κ2) is 5.91. The number of halogens is 1. The van der Waals surface area contributed by atoms with Crippen molar-refractivity contribution in [2.24, 2.45) is 0 Å². The molecule has 1 N–H and O–H groups in total. The molecule has 1 aliphatic heterocycles. The third kappa shape index (κ3) is 2.82. The Morgan fingerprint density at radius 3 is 3.14 bits per heavy atom. The van der Waals surface area contributed by atoms with Gasteiger partial charge in [-0.05, 0) is 6.07 Å². The van der Waals surface area contributed by atoms with Crippen LogP contribution >= 0.6 is 22.9 Å². The van der Waals surface area contributed by atoms with Crippen LogP contribution in [0.4, 0.5) is 5.13 Å². The van der Waals surface area contributed by atoms with Crippen LogP contribution in [0.2, 0.25) is 5.15 Å². The molecule has 0 saturated heterocycles. The Morgan fingerprint density at radius 2 is 2.33 bits per heavy atom. The van der Waals surface area contributed by atoms with E-state index in [0.717, 1.165) is 17.7 Å². The number of nitrogens with one attached hydrogen (secondary N) is 1.